The van der Waals surface area contributed by atoms with Crippen LogP contribution in [0.5, 0.6) is 0 Å². The van der Waals surface area contributed by atoms with E-state index in [9.17, 15) is 28.4 Å². The minimum atomic E-state index is -4.01. The minimum Gasteiger partial charge on any atom is -0.465 e. The maximum Gasteiger partial charge on any atom is 0.407 e. The minimum absolute atomic E-state index is 0.0265. The zero-order chi connectivity index (χ0) is 30.7. The zero-order valence-electron chi connectivity index (χ0n) is 24.2. The molecule has 226 valence electrons. The summed E-state index contributed by atoms with van der Waals surface area (Å²) in [5.41, 5.74) is 3.79. The Morgan fingerprint density at radius 2 is 1.88 bits per heavy atom. The Morgan fingerprint density at radius 3 is 2.49 bits per heavy atom. The summed E-state index contributed by atoms with van der Waals surface area (Å²) in [4.78, 5) is 30.8. The molecule has 1 fully saturated rings. The molecule has 2 aliphatic rings. The second-order valence-electron chi connectivity index (χ2n) is 11.2. The molecular weight excluding hydrogens is 570 g/mol. The molecule has 0 spiro atoms. The molecule has 1 aromatic heterocycles. The van der Waals surface area contributed by atoms with Crippen molar-refractivity contribution in [2.24, 2.45) is 13.0 Å². The maximum absolute atomic E-state index is 14.4. The van der Waals surface area contributed by atoms with Crippen molar-refractivity contribution in [3.8, 4) is 6.07 Å². The van der Waals surface area contributed by atoms with Gasteiger partial charge in [-0.25, -0.2) is 18.2 Å². The first-order valence-electron chi connectivity index (χ1n) is 14.2. The van der Waals surface area contributed by atoms with Crippen molar-refractivity contribution in [3.05, 3.63) is 71.8 Å². The van der Waals surface area contributed by atoms with E-state index in [1.165, 1.54) is 24.0 Å². The van der Waals surface area contributed by atoms with Crippen molar-refractivity contribution in [1.82, 2.24) is 18.8 Å². The van der Waals surface area contributed by atoms with Gasteiger partial charge in [0.15, 0.2) is 0 Å². The number of hydrogen-bond donors (Lipinski definition) is 2. The van der Waals surface area contributed by atoms with E-state index in [4.69, 9.17) is 0 Å². The molecule has 1 atom stereocenters. The highest BCUT2D eigenvalue weighted by molar-refractivity contribution is 7.89. The van der Waals surface area contributed by atoms with Gasteiger partial charge in [-0.3, -0.25) is 4.79 Å². The Morgan fingerprint density at radius 1 is 1.16 bits per heavy atom. The third-order valence-corrected chi connectivity index (χ3v) is 10.1. The lowest BCUT2D eigenvalue weighted by Gasteiger charge is -2.42. The van der Waals surface area contributed by atoms with Crippen molar-refractivity contribution in [2.75, 3.05) is 36.4 Å². The second kappa shape index (κ2) is 12.4. The van der Waals surface area contributed by atoms with Gasteiger partial charge in [-0.05, 0) is 73.2 Å². The first-order valence-corrected chi connectivity index (χ1v) is 15.6. The van der Waals surface area contributed by atoms with Crippen molar-refractivity contribution in [3.63, 3.8) is 0 Å². The molecule has 3 aromatic rings. The number of imidazole rings is 1. The van der Waals surface area contributed by atoms with E-state index < -0.39 is 22.2 Å². The summed E-state index contributed by atoms with van der Waals surface area (Å²) in [7, 11) is -2.09. The number of carbonyl (C=O) groups excluding carboxylic acids is 1. The van der Waals surface area contributed by atoms with E-state index in [1.54, 1.807) is 35.0 Å². The number of piperidine rings is 1. The molecule has 2 aliphatic heterocycles. The van der Waals surface area contributed by atoms with E-state index in [0.717, 1.165) is 16.9 Å². The molecule has 1 unspecified atom stereocenters. The van der Waals surface area contributed by atoms with E-state index >= 15 is 0 Å². The van der Waals surface area contributed by atoms with E-state index in [2.05, 4.69) is 21.3 Å². The van der Waals surface area contributed by atoms with Gasteiger partial charge in [0.25, 0.3) is 0 Å². The number of benzene rings is 2. The Balaban J connectivity index is 1.51. The van der Waals surface area contributed by atoms with Crippen LogP contribution >= 0.6 is 0 Å². The van der Waals surface area contributed by atoms with Crippen molar-refractivity contribution in [2.45, 2.75) is 43.7 Å². The fourth-order valence-electron chi connectivity index (χ4n) is 5.93. The SMILES string of the molecule is CC(=O)Nc1ccc(S(=O)(=O)N(CC2CCN(C(=O)O)CC2)C2Cc3cc(C#N)ccc3N(Cc3cncn3C)C2)cc1. The molecule has 13 heteroatoms. The van der Waals surface area contributed by atoms with Gasteiger partial charge in [0.2, 0.25) is 15.9 Å². The van der Waals surface area contributed by atoms with E-state index in [-0.39, 0.29) is 23.3 Å². The Labute approximate surface area is 251 Å². The zero-order valence-corrected chi connectivity index (χ0v) is 25.0. The number of hydrogen-bond acceptors (Lipinski definition) is 7. The third-order valence-electron chi connectivity index (χ3n) is 8.22. The predicted molar refractivity (Wildman–Crippen MR) is 160 cm³/mol. The standard InChI is InChI=1S/C30H35N7O5S/c1-21(38)33-25-4-6-28(7-5-25)43(41,42)37(17-22-9-11-35(12-10-22)30(39)40)26-14-24-13-23(15-31)3-8-29(24)36(18-26)19-27-16-32-20-34(27)2/h3-8,13,16,20,22,26H,9-12,14,17-19H2,1-2H3,(H,33,38)(H,39,40). The number of nitrogens with zero attached hydrogens (tertiary/aromatic N) is 6. The molecule has 5 rings (SSSR count). The smallest absolute Gasteiger partial charge is 0.407 e. The number of likely N-dealkylation sites (tertiary alicyclic amines) is 1. The largest absolute Gasteiger partial charge is 0.465 e. The van der Waals surface area contributed by atoms with Crippen LogP contribution in [-0.2, 0) is 34.8 Å². The topological polar surface area (TPSA) is 152 Å². The van der Waals surface area contributed by atoms with Gasteiger partial charge >= 0.3 is 6.09 Å². The molecule has 0 bridgehead atoms. The average Bonchev–Trinajstić information content (AvgIpc) is 3.39. The number of carbonyl (C=O) groups is 2. The average molecular weight is 606 g/mol. The van der Waals surface area contributed by atoms with Crippen LogP contribution in [0.2, 0.25) is 0 Å². The molecule has 2 amide bonds. The van der Waals surface area contributed by atoms with Crippen LogP contribution in [0.25, 0.3) is 0 Å². The number of sulfonamides is 1. The lowest BCUT2D eigenvalue weighted by atomic mass is 9.93. The number of rotatable bonds is 8. The summed E-state index contributed by atoms with van der Waals surface area (Å²) in [6.07, 6.45) is 4.07. The van der Waals surface area contributed by atoms with Crippen LogP contribution in [0.1, 0.15) is 36.6 Å². The monoisotopic (exact) mass is 605 g/mol. The summed E-state index contributed by atoms with van der Waals surface area (Å²) >= 11 is 0. The molecule has 1 saturated heterocycles. The number of carboxylic acid groups (broad SMARTS) is 1. The number of anilines is 2. The first kappa shape index (κ1) is 30.1. The van der Waals surface area contributed by atoms with Crippen LogP contribution in [-0.4, -0.2) is 76.5 Å². The van der Waals surface area contributed by atoms with Crippen molar-refractivity contribution >= 4 is 33.4 Å². The van der Waals surface area contributed by atoms with Gasteiger partial charge in [-0.1, -0.05) is 0 Å². The maximum atomic E-state index is 14.4. The highest BCUT2D eigenvalue weighted by atomic mass is 32.2. The summed E-state index contributed by atoms with van der Waals surface area (Å²) in [5, 5.41) is 21.7. The molecule has 2 aromatic carbocycles. The van der Waals surface area contributed by atoms with E-state index in [1.807, 2.05) is 23.7 Å². The lowest BCUT2D eigenvalue weighted by Crippen LogP contribution is -2.53. The van der Waals surface area contributed by atoms with Crippen molar-refractivity contribution in [1.29, 1.82) is 5.26 Å². The predicted octanol–water partition coefficient (Wildman–Crippen LogP) is 3.26. The Hall–Kier alpha value is -4.41. The number of aryl methyl sites for hydroxylation is 1. The molecule has 0 radical (unpaired) electrons. The number of aromatic nitrogens is 2. The third kappa shape index (κ3) is 6.65. The summed E-state index contributed by atoms with van der Waals surface area (Å²) < 4.78 is 32.2. The number of nitriles is 1. The van der Waals surface area contributed by atoms with Gasteiger partial charge in [-0.2, -0.15) is 9.57 Å². The van der Waals surface area contributed by atoms with Gasteiger partial charge in [0.1, 0.15) is 0 Å². The number of amides is 2. The molecule has 2 N–H and O–H groups in total. The summed E-state index contributed by atoms with van der Waals surface area (Å²) in [6.45, 7) is 3.25. The quantitative estimate of drug-likeness (QED) is 0.397. The highest BCUT2D eigenvalue weighted by Gasteiger charge is 2.38. The van der Waals surface area contributed by atoms with Crippen molar-refractivity contribution < 1.29 is 23.1 Å². The van der Waals surface area contributed by atoms with Gasteiger partial charge < -0.3 is 24.8 Å². The van der Waals surface area contributed by atoms with Crippen LogP contribution in [0.3, 0.4) is 0 Å². The summed E-state index contributed by atoms with van der Waals surface area (Å²) in [5.74, 6) is -0.280. The Bertz CT molecular complexity index is 1640. The van der Waals surface area contributed by atoms with Crippen LogP contribution < -0.4 is 10.2 Å². The van der Waals surface area contributed by atoms with E-state index in [0.29, 0.717) is 56.7 Å². The molecule has 3 heterocycles. The first-order chi connectivity index (χ1) is 20.5. The van der Waals surface area contributed by atoms with Gasteiger partial charge in [0, 0.05) is 63.8 Å². The lowest BCUT2D eigenvalue weighted by molar-refractivity contribution is -0.114. The molecular formula is C30H35N7O5S. The summed E-state index contributed by atoms with van der Waals surface area (Å²) in [6, 6.07) is 13.4. The molecule has 12 nitrogen and oxygen atoms in total. The van der Waals surface area contributed by atoms with Crippen LogP contribution in [0, 0.1) is 17.2 Å². The normalized spacial score (nSPS) is 17.4. The molecule has 43 heavy (non-hydrogen) atoms. The van der Waals surface area contributed by atoms with Crippen LogP contribution in [0.15, 0.2) is 59.9 Å². The fraction of sp³-hybridized carbons (Fsp3) is 0.400. The second-order valence-corrected chi connectivity index (χ2v) is 13.1. The fourth-order valence-corrected chi connectivity index (χ4v) is 7.62. The molecule has 0 saturated carbocycles. The van der Waals surface area contributed by atoms with Crippen LogP contribution in [0.4, 0.5) is 16.2 Å². The Kier molecular flexibility index (Phi) is 8.70. The number of nitrogens with one attached hydrogen (secondary N) is 1. The number of fused-ring (bicyclic) bond motifs is 1. The molecule has 0 aliphatic carbocycles. The van der Waals surface area contributed by atoms with Gasteiger partial charge in [0.05, 0.1) is 35.1 Å². The highest BCUT2D eigenvalue weighted by Crippen LogP contribution is 2.34. The van der Waals surface area contributed by atoms with Gasteiger partial charge in [-0.15, -0.1) is 0 Å².